The first kappa shape index (κ1) is 17.3. The molecule has 0 aromatic heterocycles. The highest BCUT2D eigenvalue weighted by atomic mass is 19.4. The van der Waals surface area contributed by atoms with Crippen molar-refractivity contribution in [3.05, 3.63) is 35.4 Å². The van der Waals surface area contributed by atoms with Crippen LogP contribution in [-0.2, 0) is 22.2 Å². The topological polar surface area (TPSA) is 66.4 Å². The first-order valence-corrected chi connectivity index (χ1v) is 7.44. The number of hydrogen-bond donors (Lipinski definition) is 2. The third-order valence-corrected chi connectivity index (χ3v) is 4.17. The average molecular weight is 329 g/mol. The maximum atomic E-state index is 12.9. The Hall–Kier alpha value is -2.05. The van der Waals surface area contributed by atoms with Crippen LogP contribution in [0.1, 0.15) is 43.2 Å². The maximum Gasteiger partial charge on any atom is 0.416 e. The Morgan fingerprint density at radius 2 is 1.74 bits per heavy atom. The summed E-state index contributed by atoms with van der Waals surface area (Å²) in [7, 11) is 0. The number of nitrogens with one attached hydrogen (secondary N) is 1. The second kappa shape index (κ2) is 6.60. The summed E-state index contributed by atoms with van der Waals surface area (Å²) < 4.78 is 38.8. The molecule has 4 nitrogen and oxygen atoms in total. The molecule has 0 unspecified atom stereocenters. The SMILES string of the molecule is O=C(Cc1ccccc1C(F)(F)F)NC1(C(=O)O)CCCCC1. The van der Waals surface area contributed by atoms with Gasteiger partial charge in [0, 0.05) is 0 Å². The minimum atomic E-state index is -4.55. The number of carbonyl (C=O) groups is 2. The number of carboxylic acids is 1. The Bertz CT molecular complexity index is 592. The van der Waals surface area contributed by atoms with Gasteiger partial charge < -0.3 is 10.4 Å². The van der Waals surface area contributed by atoms with Gasteiger partial charge in [0.15, 0.2) is 0 Å². The number of amides is 1. The lowest BCUT2D eigenvalue weighted by atomic mass is 9.81. The van der Waals surface area contributed by atoms with E-state index in [0.29, 0.717) is 25.7 Å². The summed E-state index contributed by atoms with van der Waals surface area (Å²) in [6, 6.07) is 4.82. The van der Waals surface area contributed by atoms with Crippen LogP contribution in [0.25, 0.3) is 0 Å². The summed E-state index contributed by atoms with van der Waals surface area (Å²) in [5.41, 5.74) is -2.39. The molecule has 1 aromatic carbocycles. The molecule has 0 radical (unpaired) electrons. The summed E-state index contributed by atoms with van der Waals surface area (Å²) in [5, 5.41) is 11.8. The van der Waals surface area contributed by atoms with Gasteiger partial charge in [0.05, 0.1) is 12.0 Å². The number of carboxylic acid groups (broad SMARTS) is 1. The zero-order valence-corrected chi connectivity index (χ0v) is 12.4. The molecule has 0 aliphatic heterocycles. The van der Waals surface area contributed by atoms with Gasteiger partial charge in [-0.05, 0) is 24.5 Å². The summed E-state index contributed by atoms with van der Waals surface area (Å²) in [4.78, 5) is 23.6. The zero-order valence-electron chi connectivity index (χ0n) is 12.4. The Morgan fingerprint density at radius 1 is 1.13 bits per heavy atom. The molecule has 0 bridgehead atoms. The van der Waals surface area contributed by atoms with Crippen LogP contribution in [0.5, 0.6) is 0 Å². The van der Waals surface area contributed by atoms with Gasteiger partial charge in [0.2, 0.25) is 5.91 Å². The summed E-state index contributed by atoms with van der Waals surface area (Å²) in [5.74, 6) is -1.83. The van der Waals surface area contributed by atoms with E-state index in [1.807, 2.05) is 0 Å². The van der Waals surface area contributed by atoms with E-state index in [0.717, 1.165) is 12.5 Å². The van der Waals surface area contributed by atoms with Gasteiger partial charge in [-0.25, -0.2) is 4.79 Å². The van der Waals surface area contributed by atoms with Crippen molar-refractivity contribution in [3.63, 3.8) is 0 Å². The fourth-order valence-corrected chi connectivity index (χ4v) is 2.98. The van der Waals surface area contributed by atoms with E-state index < -0.39 is 35.6 Å². The van der Waals surface area contributed by atoms with Crippen LogP contribution in [0.4, 0.5) is 13.2 Å². The van der Waals surface area contributed by atoms with Gasteiger partial charge in [0.25, 0.3) is 0 Å². The van der Waals surface area contributed by atoms with Crippen molar-refractivity contribution in [2.75, 3.05) is 0 Å². The van der Waals surface area contributed by atoms with Crippen LogP contribution < -0.4 is 5.32 Å². The number of hydrogen-bond acceptors (Lipinski definition) is 2. The molecular formula is C16H18F3NO3. The maximum absolute atomic E-state index is 12.9. The fraction of sp³-hybridized carbons (Fsp3) is 0.500. The first-order chi connectivity index (χ1) is 10.7. The largest absolute Gasteiger partial charge is 0.480 e. The summed E-state index contributed by atoms with van der Waals surface area (Å²) in [6.07, 6.45) is -2.21. The molecule has 23 heavy (non-hydrogen) atoms. The molecule has 1 saturated carbocycles. The Kier molecular flexibility index (Phi) is 4.97. The molecular weight excluding hydrogens is 311 g/mol. The van der Waals surface area contributed by atoms with Crippen molar-refractivity contribution in [2.24, 2.45) is 0 Å². The highest BCUT2D eigenvalue weighted by Gasteiger charge is 2.41. The van der Waals surface area contributed by atoms with E-state index in [-0.39, 0.29) is 5.56 Å². The molecule has 1 aromatic rings. The minimum Gasteiger partial charge on any atom is -0.480 e. The third-order valence-electron chi connectivity index (χ3n) is 4.17. The number of aliphatic carboxylic acids is 1. The highest BCUT2D eigenvalue weighted by molar-refractivity contribution is 5.88. The monoisotopic (exact) mass is 329 g/mol. The van der Waals surface area contributed by atoms with E-state index >= 15 is 0 Å². The molecule has 2 rings (SSSR count). The van der Waals surface area contributed by atoms with E-state index in [1.54, 1.807) is 0 Å². The van der Waals surface area contributed by atoms with Crippen molar-refractivity contribution in [2.45, 2.75) is 50.2 Å². The number of benzene rings is 1. The lowest BCUT2D eigenvalue weighted by molar-refractivity contribution is -0.149. The van der Waals surface area contributed by atoms with Crippen LogP contribution >= 0.6 is 0 Å². The van der Waals surface area contributed by atoms with Gasteiger partial charge in [-0.3, -0.25) is 4.79 Å². The predicted octanol–water partition coefficient (Wildman–Crippen LogP) is 3.15. The number of rotatable bonds is 4. The van der Waals surface area contributed by atoms with Gasteiger partial charge in [-0.2, -0.15) is 13.2 Å². The van der Waals surface area contributed by atoms with Crippen molar-refractivity contribution in [1.82, 2.24) is 5.32 Å². The van der Waals surface area contributed by atoms with Gasteiger partial charge in [-0.15, -0.1) is 0 Å². The molecule has 2 N–H and O–H groups in total. The van der Waals surface area contributed by atoms with E-state index in [1.165, 1.54) is 18.2 Å². The zero-order chi connectivity index (χ0) is 17.1. The van der Waals surface area contributed by atoms with Crippen LogP contribution in [-0.4, -0.2) is 22.5 Å². The van der Waals surface area contributed by atoms with Crippen LogP contribution in [0, 0.1) is 0 Å². The van der Waals surface area contributed by atoms with Crippen molar-refractivity contribution in [1.29, 1.82) is 0 Å². The number of alkyl halides is 3. The normalized spacial score (nSPS) is 17.5. The lowest BCUT2D eigenvalue weighted by Crippen LogP contribution is -2.56. The Morgan fingerprint density at radius 3 is 2.30 bits per heavy atom. The van der Waals surface area contributed by atoms with Crippen LogP contribution in [0.15, 0.2) is 24.3 Å². The molecule has 1 aliphatic rings. The van der Waals surface area contributed by atoms with E-state index in [9.17, 15) is 27.9 Å². The first-order valence-electron chi connectivity index (χ1n) is 7.44. The molecule has 0 spiro atoms. The van der Waals surface area contributed by atoms with Crippen LogP contribution in [0.2, 0.25) is 0 Å². The molecule has 126 valence electrons. The molecule has 0 atom stereocenters. The quantitative estimate of drug-likeness (QED) is 0.892. The average Bonchev–Trinajstić information content (AvgIpc) is 2.47. The van der Waals surface area contributed by atoms with E-state index in [4.69, 9.17) is 0 Å². The lowest BCUT2D eigenvalue weighted by Gasteiger charge is -2.34. The molecule has 0 saturated heterocycles. The predicted molar refractivity (Wildman–Crippen MR) is 76.7 cm³/mol. The molecule has 7 heteroatoms. The van der Waals surface area contributed by atoms with E-state index in [2.05, 4.69) is 5.32 Å². The van der Waals surface area contributed by atoms with Crippen molar-refractivity contribution in [3.8, 4) is 0 Å². The summed E-state index contributed by atoms with van der Waals surface area (Å²) in [6.45, 7) is 0. The standard InChI is InChI=1S/C16H18F3NO3/c17-16(18,19)12-7-3-2-6-11(12)10-13(21)20-15(14(22)23)8-4-1-5-9-15/h2-3,6-7H,1,4-5,8-10H2,(H,20,21)(H,22,23). The molecule has 0 heterocycles. The Balaban J connectivity index is 2.15. The van der Waals surface area contributed by atoms with Gasteiger partial charge >= 0.3 is 12.1 Å². The smallest absolute Gasteiger partial charge is 0.416 e. The second-order valence-electron chi connectivity index (χ2n) is 5.83. The second-order valence-corrected chi connectivity index (χ2v) is 5.83. The summed E-state index contributed by atoms with van der Waals surface area (Å²) >= 11 is 0. The third kappa shape index (κ3) is 4.03. The van der Waals surface area contributed by atoms with Crippen LogP contribution in [0.3, 0.4) is 0 Å². The number of halogens is 3. The molecule has 1 aliphatic carbocycles. The molecule has 1 fully saturated rings. The van der Waals surface area contributed by atoms with Crippen molar-refractivity contribution >= 4 is 11.9 Å². The number of carbonyl (C=O) groups excluding carboxylic acids is 1. The highest BCUT2D eigenvalue weighted by Crippen LogP contribution is 2.32. The van der Waals surface area contributed by atoms with Crippen molar-refractivity contribution < 1.29 is 27.9 Å². The van der Waals surface area contributed by atoms with Gasteiger partial charge in [-0.1, -0.05) is 37.5 Å². The molecule has 1 amide bonds. The minimum absolute atomic E-state index is 0.158. The fourth-order valence-electron chi connectivity index (χ4n) is 2.98. The Labute approximate surface area is 131 Å². The van der Waals surface area contributed by atoms with Gasteiger partial charge in [0.1, 0.15) is 5.54 Å².